The number of furan rings is 1. The molecule has 0 bridgehead atoms. The first-order valence-electron chi connectivity index (χ1n) is 5.79. The van der Waals surface area contributed by atoms with Gasteiger partial charge in [-0.3, -0.25) is 0 Å². The molecule has 0 radical (unpaired) electrons. The Morgan fingerprint density at radius 2 is 2.11 bits per heavy atom. The molecule has 4 nitrogen and oxygen atoms in total. The SMILES string of the molecule is Cc1ccc(N)cc1SCc1cc(C(=O)O)c(C)o1. The Hall–Kier alpha value is -1.88. The number of aromatic carboxylic acids is 1. The number of rotatable bonds is 4. The maximum atomic E-state index is 10.9. The minimum Gasteiger partial charge on any atom is -0.478 e. The van der Waals surface area contributed by atoms with E-state index in [2.05, 4.69) is 0 Å². The first-order chi connectivity index (χ1) is 8.97. The molecule has 5 heteroatoms. The third-order valence-electron chi connectivity index (χ3n) is 2.78. The molecule has 0 aliphatic carbocycles. The number of hydrogen-bond donors (Lipinski definition) is 2. The molecule has 3 N–H and O–H groups in total. The normalized spacial score (nSPS) is 10.6. The van der Waals surface area contributed by atoms with E-state index in [1.165, 1.54) is 0 Å². The summed E-state index contributed by atoms with van der Waals surface area (Å²) in [5.74, 6) is 0.713. The Morgan fingerprint density at radius 1 is 1.37 bits per heavy atom. The van der Waals surface area contributed by atoms with Crippen LogP contribution in [0.25, 0.3) is 0 Å². The van der Waals surface area contributed by atoms with E-state index in [0.29, 0.717) is 17.3 Å². The largest absolute Gasteiger partial charge is 0.478 e. The van der Waals surface area contributed by atoms with Gasteiger partial charge >= 0.3 is 5.97 Å². The standard InChI is InChI=1S/C14H15NO3S/c1-8-3-4-10(15)5-13(8)19-7-11-6-12(14(16)17)9(2)18-11/h3-6H,7,15H2,1-2H3,(H,16,17). The maximum Gasteiger partial charge on any atom is 0.339 e. The fourth-order valence-electron chi connectivity index (χ4n) is 1.75. The van der Waals surface area contributed by atoms with Crippen molar-refractivity contribution < 1.29 is 14.3 Å². The van der Waals surface area contributed by atoms with E-state index in [0.717, 1.165) is 16.1 Å². The minimum atomic E-state index is -0.961. The highest BCUT2D eigenvalue weighted by atomic mass is 32.2. The minimum absolute atomic E-state index is 0.222. The van der Waals surface area contributed by atoms with Crippen molar-refractivity contribution in [1.82, 2.24) is 0 Å². The third-order valence-corrected chi connectivity index (χ3v) is 3.96. The van der Waals surface area contributed by atoms with Gasteiger partial charge in [-0.25, -0.2) is 4.79 Å². The van der Waals surface area contributed by atoms with Crippen LogP contribution in [0.5, 0.6) is 0 Å². The van der Waals surface area contributed by atoms with Crippen molar-refractivity contribution in [2.45, 2.75) is 24.5 Å². The number of hydrogen-bond acceptors (Lipinski definition) is 4. The van der Waals surface area contributed by atoms with E-state index in [1.54, 1.807) is 24.8 Å². The number of nitrogen functional groups attached to an aromatic ring is 1. The Kier molecular flexibility index (Phi) is 3.85. The van der Waals surface area contributed by atoms with Gasteiger partial charge in [0.1, 0.15) is 17.1 Å². The van der Waals surface area contributed by atoms with Gasteiger partial charge in [0.15, 0.2) is 0 Å². The topological polar surface area (TPSA) is 76.5 Å². The average Bonchev–Trinajstić information content (AvgIpc) is 2.72. The van der Waals surface area contributed by atoms with Crippen molar-refractivity contribution in [1.29, 1.82) is 0 Å². The predicted octanol–water partition coefficient (Wildman–Crippen LogP) is 3.47. The van der Waals surface area contributed by atoms with Crippen LogP contribution in [0.1, 0.15) is 27.4 Å². The molecular weight excluding hydrogens is 262 g/mol. The van der Waals surface area contributed by atoms with Crippen LogP contribution in [0.3, 0.4) is 0 Å². The number of carboxylic acid groups (broad SMARTS) is 1. The Labute approximate surface area is 115 Å². The first-order valence-corrected chi connectivity index (χ1v) is 6.77. The number of carbonyl (C=O) groups is 1. The van der Waals surface area contributed by atoms with Crippen molar-refractivity contribution in [2.24, 2.45) is 0 Å². The summed E-state index contributed by atoms with van der Waals surface area (Å²) in [5.41, 5.74) is 7.83. The summed E-state index contributed by atoms with van der Waals surface area (Å²) in [6, 6.07) is 7.31. The number of aryl methyl sites for hydroxylation is 2. The lowest BCUT2D eigenvalue weighted by Gasteiger charge is -2.05. The highest BCUT2D eigenvalue weighted by molar-refractivity contribution is 7.98. The first kappa shape index (κ1) is 13.5. The molecule has 0 atom stereocenters. The van der Waals surface area contributed by atoms with Crippen LogP contribution in [-0.2, 0) is 5.75 Å². The summed E-state index contributed by atoms with van der Waals surface area (Å²) < 4.78 is 5.43. The molecule has 2 aromatic rings. The Morgan fingerprint density at radius 3 is 2.74 bits per heavy atom. The fraction of sp³-hybridized carbons (Fsp3) is 0.214. The molecule has 0 saturated heterocycles. The lowest BCUT2D eigenvalue weighted by molar-refractivity contribution is 0.0695. The summed E-state index contributed by atoms with van der Waals surface area (Å²) in [4.78, 5) is 12.0. The summed E-state index contributed by atoms with van der Waals surface area (Å²) in [6.07, 6.45) is 0. The molecule has 1 aromatic heterocycles. The monoisotopic (exact) mass is 277 g/mol. The predicted molar refractivity (Wildman–Crippen MR) is 75.6 cm³/mol. The van der Waals surface area contributed by atoms with Gasteiger partial charge in [0.25, 0.3) is 0 Å². The van der Waals surface area contributed by atoms with Crippen LogP contribution in [0.4, 0.5) is 5.69 Å². The lowest BCUT2D eigenvalue weighted by atomic mass is 10.2. The molecule has 0 unspecified atom stereocenters. The van der Waals surface area contributed by atoms with Gasteiger partial charge in [0, 0.05) is 10.6 Å². The van der Waals surface area contributed by atoms with Crippen LogP contribution < -0.4 is 5.73 Å². The Balaban J connectivity index is 2.12. The molecule has 0 saturated carbocycles. The van der Waals surface area contributed by atoms with Gasteiger partial charge in [-0.15, -0.1) is 11.8 Å². The van der Waals surface area contributed by atoms with Crippen LogP contribution >= 0.6 is 11.8 Å². The lowest BCUT2D eigenvalue weighted by Crippen LogP contribution is -1.94. The number of carboxylic acids is 1. The molecule has 1 aromatic carbocycles. The highest BCUT2D eigenvalue weighted by Crippen LogP contribution is 2.29. The van der Waals surface area contributed by atoms with Gasteiger partial charge in [-0.1, -0.05) is 6.07 Å². The highest BCUT2D eigenvalue weighted by Gasteiger charge is 2.14. The zero-order valence-electron chi connectivity index (χ0n) is 10.8. The van der Waals surface area contributed by atoms with E-state index in [-0.39, 0.29) is 5.56 Å². The maximum absolute atomic E-state index is 10.9. The molecule has 0 spiro atoms. The third kappa shape index (κ3) is 3.12. The molecule has 2 rings (SSSR count). The molecule has 1 heterocycles. The number of nitrogens with two attached hydrogens (primary N) is 1. The second-order valence-electron chi connectivity index (χ2n) is 4.30. The summed E-state index contributed by atoms with van der Waals surface area (Å²) >= 11 is 1.58. The summed E-state index contributed by atoms with van der Waals surface area (Å²) in [5, 5.41) is 8.96. The number of thioether (sulfide) groups is 1. The van der Waals surface area contributed by atoms with Gasteiger partial charge in [-0.2, -0.15) is 0 Å². The van der Waals surface area contributed by atoms with Gasteiger partial charge < -0.3 is 15.3 Å². The van der Waals surface area contributed by atoms with Crippen LogP contribution in [-0.4, -0.2) is 11.1 Å². The number of benzene rings is 1. The molecule has 0 aliphatic rings. The smallest absolute Gasteiger partial charge is 0.339 e. The summed E-state index contributed by atoms with van der Waals surface area (Å²) in [6.45, 7) is 3.67. The van der Waals surface area contributed by atoms with Crippen molar-refractivity contribution in [3.05, 3.63) is 46.9 Å². The van der Waals surface area contributed by atoms with Crippen LogP contribution in [0.15, 0.2) is 33.6 Å². The van der Waals surface area contributed by atoms with E-state index in [1.807, 2.05) is 25.1 Å². The van der Waals surface area contributed by atoms with Crippen molar-refractivity contribution in [2.75, 3.05) is 5.73 Å². The fourth-order valence-corrected chi connectivity index (χ4v) is 2.70. The molecule has 100 valence electrons. The van der Waals surface area contributed by atoms with Crippen molar-refractivity contribution >= 4 is 23.4 Å². The summed E-state index contributed by atoms with van der Waals surface area (Å²) in [7, 11) is 0. The van der Waals surface area contributed by atoms with E-state index < -0.39 is 5.97 Å². The van der Waals surface area contributed by atoms with Gasteiger partial charge in [0.05, 0.1) is 5.75 Å². The van der Waals surface area contributed by atoms with E-state index >= 15 is 0 Å². The molecule has 0 fully saturated rings. The van der Waals surface area contributed by atoms with E-state index in [9.17, 15) is 4.79 Å². The zero-order chi connectivity index (χ0) is 14.0. The molecular formula is C14H15NO3S. The van der Waals surface area contributed by atoms with Crippen molar-refractivity contribution in [3.63, 3.8) is 0 Å². The average molecular weight is 277 g/mol. The molecule has 0 aliphatic heterocycles. The second kappa shape index (κ2) is 5.40. The second-order valence-corrected chi connectivity index (χ2v) is 5.32. The quantitative estimate of drug-likeness (QED) is 0.661. The van der Waals surface area contributed by atoms with Crippen LogP contribution in [0.2, 0.25) is 0 Å². The van der Waals surface area contributed by atoms with Crippen molar-refractivity contribution in [3.8, 4) is 0 Å². The van der Waals surface area contributed by atoms with Gasteiger partial charge in [0.2, 0.25) is 0 Å². The Bertz CT molecular complexity index is 619. The van der Waals surface area contributed by atoms with E-state index in [4.69, 9.17) is 15.3 Å². The van der Waals surface area contributed by atoms with Gasteiger partial charge in [-0.05, 0) is 37.6 Å². The molecule has 0 amide bonds. The zero-order valence-corrected chi connectivity index (χ0v) is 11.6. The molecule has 19 heavy (non-hydrogen) atoms. The van der Waals surface area contributed by atoms with Crippen LogP contribution in [0, 0.1) is 13.8 Å². The number of anilines is 1.